The zero-order valence-corrected chi connectivity index (χ0v) is 22.8. The van der Waals surface area contributed by atoms with Crippen LogP contribution in [0, 0.1) is 31.6 Å². The number of hydrogen-bond acceptors (Lipinski definition) is 6. The van der Waals surface area contributed by atoms with Gasteiger partial charge < -0.3 is 19.5 Å². The molecule has 0 bridgehead atoms. The van der Waals surface area contributed by atoms with Gasteiger partial charge in [-0.2, -0.15) is 0 Å². The molecule has 1 aliphatic carbocycles. The fraction of sp³-hybridized carbons (Fsp3) is 0.586. The number of phenols is 1. The van der Waals surface area contributed by atoms with E-state index in [1.165, 1.54) is 10.5 Å². The third kappa shape index (κ3) is 5.43. The highest BCUT2D eigenvalue weighted by Gasteiger charge is 2.57. The number of nitrogens with zero attached hydrogens (tertiary/aromatic N) is 1. The summed E-state index contributed by atoms with van der Waals surface area (Å²) in [6.07, 6.45) is 5.70. The fourth-order valence-corrected chi connectivity index (χ4v) is 6.56. The molecular weight excluding hydrogens is 469 g/mol. The fourth-order valence-electron chi connectivity index (χ4n) is 6.56. The van der Waals surface area contributed by atoms with Crippen LogP contribution in [0.2, 0.25) is 6.32 Å². The van der Waals surface area contributed by atoms with Gasteiger partial charge in [0, 0.05) is 13.7 Å². The summed E-state index contributed by atoms with van der Waals surface area (Å²) in [4.78, 5) is 27.9. The van der Waals surface area contributed by atoms with Crippen molar-refractivity contribution in [1.29, 1.82) is 0 Å². The van der Waals surface area contributed by atoms with Crippen LogP contribution in [0.15, 0.2) is 28.9 Å². The number of aryl methyl sites for hydroxylation is 2. The maximum Gasteiger partial charge on any atom is 0.455 e. The molecule has 0 spiro atoms. The minimum Gasteiger partial charge on any atom is -0.507 e. The van der Waals surface area contributed by atoms with Crippen molar-refractivity contribution in [2.45, 2.75) is 72.2 Å². The van der Waals surface area contributed by atoms with Gasteiger partial charge in [-0.1, -0.05) is 25.5 Å². The molecule has 0 saturated carbocycles. The zero-order chi connectivity index (χ0) is 26.9. The topological polar surface area (TPSA) is 96.3 Å². The molecule has 0 aromatic heterocycles. The number of amides is 2. The van der Waals surface area contributed by atoms with Crippen molar-refractivity contribution >= 4 is 25.0 Å². The molecule has 200 valence electrons. The standard InChI is InChI=1S/C29H40BNO6/c1-6-10-31-28(33)22-14-21(16-36-5)25-23(26(22)29(31)34)15-30(35)37-24(25)9-8-19(7-2)13-20-11-17(3)27(32)18(4)12-20/h11-13,22-24,26,32,35H,6-10,14-16H2,1-5H3/b19-13+/t22-,23+,24-,26-/m1/s1. The Labute approximate surface area is 220 Å². The molecule has 0 radical (unpaired) electrons. The summed E-state index contributed by atoms with van der Waals surface area (Å²) in [5, 5.41) is 20.8. The second kappa shape index (κ2) is 11.5. The average Bonchev–Trinajstić information content (AvgIpc) is 3.09. The lowest BCUT2D eigenvalue weighted by Gasteiger charge is -2.43. The Morgan fingerprint density at radius 2 is 1.89 bits per heavy atom. The Morgan fingerprint density at radius 3 is 2.51 bits per heavy atom. The van der Waals surface area contributed by atoms with E-state index in [-0.39, 0.29) is 29.8 Å². The molecule has 0 unspecified atom stereocenters. The predicted molar refractivity (Wildman–Crippen MR) is 144 cm³/mol. The smallest absolute Gasteiger partial charge is 0.455 e. The molecule has 2 aliphatic heterocycles. The summed E-state index contributed by atoms with van der Waals surface area (Å²) in [7, 11) is 0.674. The van der Waals surface area contributed by atoms with E-state index in [0.29, 0.717) is 38.1 Å². The number of benzene rings is 1. The Morgan fingerprint density at radius 1 is 1.19 bits per heavy atom. The van der Waals surface area contributed by atoms with Crippen LogP contribution >= 0.6 is 0 Å². The Bertz CT molecular complexity index is 1090. The molecule has 7 nitrogen and oxygen atoms in total. The first-order valence-corrected chi connectivity index (χ1v) is 13.6. The van der Waals surface area contributed by atoms with Crippen molar-refractivity contribution in [2.75, 3.05) is 20.3 Å². The van der Waals surface area contributed by atoms with Crippen LogP contribution in [0.25, 0.3) is 6.08 Å². The van der Waals surface area contributed by atoms with Crippen LogP contribution in [0.1, 0.15) is 62.6 Å². The van der Waals surface area contributed by atoms with Crippen LogP contribution in [0.4, 0.5) is 0 Å². The summed E-state index contributed by atoms with van der Waals surface area (Å²) >= 11 is 0. The largest absolute Gasteiger partial charge is 0.507 e. The molecule has 37 heavy (non-hydrogen) atoms. The van der Waals surface area contributed by atoms with Crippen molar-refractivity contribution < 1.29 is 29.1 Å². The third-order valence-corrected chi connectivity index (χ3v) is 8.23. The summed E-state index contributed by atoms with van der Waals surface area (Å²) in [5.41, 5.74) is 6.09. The highest BCUT2D eigenvalue weighted by Crippen LogP contribution is 2.50. The molecule has 2 N–H and O–H groups in total. The zero-order valence-electron chi connectivity index (χ0n) is 22.8. The van der Waals surface area contributed by atoms with Gasteiger partial charge in [-0.3, -0.25) is 14.5 Å². The normalized spacial score (nSPS) is 26.2. The molecule has 1 aromatic rings. The Balaban J connectivity index is 1.61. The third-order valence-electron chi connectivity index (χ3n) is 8.23. The minimum atomic E-state index is -0.971. The molecule has 2 fully saturated rings. The molecule has 8 heteroatoms. The monoisotopic (exact) mass is 509 g/mol. The van der Waals surface area contributed by atoms with E-state index < -0.39 is 13.0 Å². The van der Waals surface area contributed by atoms with Gasteiger partial charge in [0.15, 0.2) is 0 Å². The minimum absolute atomic E-state index is 0.0854. The van der Waals surface area contributed by atoms with E-state index >= 15 is 0 Å². The SMILES string of the molecule is CCCN1C(=O)[C@@H]2[C@@H](CC(COC)=C3[C@@H](CC/C(=C/c4cc(C)c(O)c(C)c4)CC)OB(O)C[C@@H]32)C1=O. The van der Waals surface area contributed by atoms with Crippen LogP contribution in [0.5, 0.6) is 5.75 Å². The van der Waals surface area contributed by atoms with Crippen LogP contribution in [-0.2, 0) is 19.0 Å². The van der Waals surface area contributed by atoms with Gasteiger partial charge in [-0.15, -0.1) is 0 Å². The van der Waals surface area contributed by atoms with Crippen LogP contribution in [-0.4, -0.2) is 60.3 Å². The van der Waals surface area contributed by atoms with E-state index in [2.05, 4.69) is 13.0 Å². The molecular formula is C29H40BNO6. The van der Waals surface area contributed by atoms with Gasteiger partial charge in [-0.05, 0) is 98.2 Å². The maximum atomic E-state index is 13.4. The summed E-state index contributed by atoms with van der Waals surface area (Å²) in [6.45, 7) is 8.73. The van der Waals surface area contributed by atoms with Crippen molar-refractivity contribution in [3.05, 3.63) is 45.5 Å². The van der Waals surface area contributed by atoms with E-state index in [9.17, 15) is 19.7 Å². The van der Waals surface area contributed by atoms with Gasteiger partial charge >= 0.3 is 7.12 Å². The van der Waals surface area contributed by atoms with Crippen LogP contribution < -0.4 is 0 Å². The van der Waals surface area contributed by atoms with Gasteiger partial charge in [0.2, 0.25) is 11.8 Å². The molecule has 4 atom stereocenters. The molecule has 2 amide bonds. The molecule has 2 saturated heterocycles. The van der Waals surface area contributed by atoms with Crippen molar-refractivity contribution in [1.82, 2.24) is 4.90 Å². The van der Waals surface area contributed by atoms with Crippen molar-refractivity contribution in [3.63, 3.8) is 0 Å². The molecule has 2 heterocycles. The number of methoxy groups -OCH3 is 1. The quantitative estimate of drug-likeness (QED) is 0.290. The summed E-state index contributed by atoms with van der Waals surface area (Å²) < 4.78 is 11.6. The number of ether oxygens (including phenoxy) is 1. The lowest BCUT2D eigenvalue weighted by molar-refractivity contribution is -0.140. The predicted octanol–water partition coefficient (Wildman–Crippen LogP) is 4.44. The second-order valence-electron chi connectivity index (χ2n) is 10.8. The van der Waals surface area contributed by atoms with E-state index in [0.717, 1.165) is 47.1 Å². The van der Waals surface area contributed by atoms with E-state index in [4.69, 9.17) is 9.39 Å². The lowest BCUT2D eigenvalue weighted by Crippen LogP contribution is -2.46. The molecule has 1 aromatic carbocycles. The average molecular weight is 509 g/mol. The van der Waals surface area contributed by atoms with E-state index in [1.807, 2.05) is 32.9 Å². The number of likely N-dealkylation sites (tertiary alicyclic amines) is 1. The number of rotatable bonds is 9. The Kier molecular flexibility index (Phi) is 8.61. The van der Waals surface area contributed by atoms with Crippen molar-refractivity contribution in [3.8, 4) is 5.75 Å². The number of carbonyl (C=O) groups is 2. The molecule has 4 rings (SSSR count). The first-order chi connectivity index (χ1) is 17.7. The van der Waals surface area contributed by atoms with E-state index in [1.54, 1.807) is 7.11 Å². The van der Waals surface area contributed by atoms with Gasteiger partial charge in [-0.25, -0.2) is 0 Å². The number of imide groups is 1. The number of fused-ring (bicyclic) bond motifs is 3. The first-order valence-electron chi connectivity index (χ1n) is 13.6. The number of allylic oxidation sites excluding steroid dienone is 1. The first kappa shape index (κ1) is 27.6. The molecule has 3 aliphatic rings. The van der Waals surface area contributed by atoms with Crippen LogP contribution in [0.3, 0.4) is 0 Å². The lowest BCUT2D eigenvalue weighted by atomic mass is 9.58. The van der Waals surface area contributed by atoms with Gasteiger partial charge in [0.25, 0.3) is 0 Å². The number of carbonyl (C=O) groups excluding carboxylic acids is 2. The summed E-state index contributed by atoms with van der Waals surface area (Å²) in [6, 6.07) is 3.97. The number of hydrogen-bond donors (Lipinski definition) is 2. The van der Waals surface area contributed by atoms with Gasteiger partial charge in [0.1, 0.15) is 5.75 Å². The second-order valence-corrected chi connectivity index (χ2v) is 10.8. The van der Waals surface area contributed by atoms with Gasteiger partial charge in [0.05, 0.1) is 24.5 Å². The number of aromatic hydroxyl groups is 1. The van der Waals surface area contributed by atoms with Crippen molar-refractivity contribution in [2.24, 2.45) is 17.8 Å². The Hall–Kier alpha value is -2.42. The highest BCUT2D eigenvalue weighted by molar-refractivity contribution is 6.43. The highest BCUT2D eigenvalue weighted by atomic mass is 16.5. The summed E-state index contributed by atoms with van der Waals surface area (Å²) in [5.74, 6) is -0.881. The maximum absolute atomic E-state index is 13.4. The number of phenolic OH excluding ortho intramolecular Hbond substituents is 1.